The Balaban J connectivity index is 2.45. The highest BCUT2D eigenvalue weighted by Crippen LogP contribution is 2.29. The normalized spacial score (nSPS) is 10.6. The highest BCUT2D eigenvalue weighted by Gasteiger charge is 2.11. The molecule has 2 nitrogen and oxygen atoms in total. The Kier molecular flexibility index (Phi) is 3.46. The molecule has 1 aromatic carbocycles. The second-order valence-electron chi connectivity index (χ2n) is 3.47. The average Bonchev–Trinajstić information content (AvgIpc) is 2.71. The minimum Gasteiger partial charge on any atom is -0.388 e. The molecule has 0 unspecified atom stereocenters. The van der Waals surface area contributed by atoms with Crippen LogP contribution in [0.3, 0.4) is 0 Å². The first kappa shape index (κ1) is 11.4. The van der Waals surface area contributed by atoms with E-state index in [1.165, 1.54) is 0 Å². The number of fused-ring (bicyclic) bond motifs is 1. The van der Waals surface area contributed by atoms with Crippen LogP contribution < -0.4 is 5.32 Å². The lowest BCUT2D eigenvalue weighted by Gasteiger charge is -2.00. The van der Waals surface area contributed by atoms with E-state index in [1.54, 1.807) is 11.3 Å². The molecule has 1 aromatic heterocycles. The number of anilines is 1. The molecule has 0 aliphatic heterocycles. The van der Waals surface area contributed by atoms with Crippen molar-refractivity contribution in [2.75, 3.05) is 18.2 Å². The number of nitrogens with one attached hydrogen (secondary N) is 1. The van der Waals surface area contributed by atoms with Crippen LogP contribution in [-0.4, -0.2) is 18.7 Å². The third-order valence-electron chi connectivity index (χ3n) is 2.49. The van der Waals surface area contributed by atoms with E-state index < -0.39 is 0 Å². The zero-order chi connectivity index (χ0) is 11.5. The van der Waals surface area contributed by atoms with E-state index in [9.17, 15) is 4.79 Å². The molecule has 1 N–H and O–H groups in total. The first-order chi connectivity index (χ1) is 7.76. The van der Waals surface area contributed by atoms with Gasteiger partial charge in [-0.25, -0.2) is 0 Å². The molecule has 2 rings (SSSR count). The van der Waals surface area contributed by atoms with Crippen LogP contribution in [0.5, 0.6) is 0 Å². The molecule has 2 aromatic rings. The van der Waals surface area contributed by atoms with Gasteiger partial charge in [0, 0.05) is 46.1 Å². The van der Waals surface area contributed by atoms with Gasteiger partial charge in [0.25, 0.3) is 0 Å². The molecule has 0 amide bonds. The summed E-state index contributed by atoms with van der Waals surface area (Å²) in [4.78, 5) is 11.8. The number of alkyl halides is 1. The van der Waals surface area contributed by atoms with Gasteiger partial charge in [-0.1, -0.05) is 6.07 Å². The first-order valence-corrected chi connectivity index (χ1v) is 6.46. The number of hydrogen-bond donors (Lipinski definition) is 1. The van der Waals surface area contributed by atoms with Crippen molar-refractivity contribution in [3.05, 3.63) is 29.1 Å². The van der Waals surface area contributed by atoms with Crippen molar-refractivity contribution in [3.63, 3.8) is 0 Å². The molecule has 0 fully saturated rings. The second-order valence-corrected chi connectivity index (χ2v) is 4.76. The molecule has 1 heterocycles. The minimum absolute atomic E-state index is 0.124. The molecule has 0 aliphatic carbocycles. The van der Waals surface area contributed by atoms with Crippen LogP contribution in [0.4, 0.5) is 5.69 Å². The van der Waals surface area contributed by atoms with Gasteiger partial charge in [0.1, 0.15) is 0 Å². The van der Waals surface area contributed by atoms with Crippen LogP contribution in [-0.2, 0) is 0 Å². The third-order valence-corrected chi connectivity index (χ3v) is 3.62. The van der Waals surface area contributed by atoms with Gasteiger partial charge >= 0.3 is 0 Å². The predicted molar refractivity (Wildman–Crippen MR) is 71.0 cm³/mol. The summed E-state index contributed by atoms with van der Waals surface area (Å²) in [7, 11) is 1.88. The first-order valence-electron chi connectivity index (χ1n) is 5.04. The molecule has 0 saturated carbocycles. The summed E-state index contributed by atoms with van der Waals surface area (Å²) in [5.74, 6) is 0.503. The molecule has 4 heteroatoms. The number of benzene rings is 1. The number of halogens is 1. The van der Waals surface area contributed by atoms with Crippen LogP contribution in [0, 0.1) is 0 Å². The monoisotopic (exact) mass is 253 g/mol. The lowest BCUT2D eigenvalue weighted by Crippen LogP contribution is -1.98. The van der Waals surface area contributed by atoms with Gasteiger partial charge < -0.3 is 5.32 Å². The molecular formula is C12H12ClNOS. The van der Waals surface area contributed by atoms with Crippen molar-refractivity contribution >= 4 is 44.5 Å². The molecule has 84 valence electrons. The number of rotatable bonds is 4. The summed E-state index contributed by atoms with van der Waals surface area (Å²) in [5.41, 5.74) is 1.86. The van der Waals surface area contributed by atoms with Gasteiger partial charge in [0.05, 0.1) is 0 Å². The van der Waals surface area contributed by atoms with Gasteiger partial charge in [0.15, 0.2) is 5.78 Å². The molecule has 0 radical (unpaired) electrons. The predicted octanol–water partition coefficient (Wildman–Crippen LogP) is 3.75. The fourth-order valence-corrected chi connectivity index (χ4v) is 2.80. The van der Waals surface area contributed by atoms with Crippen LogP contribution in [0.15, 0.2) is 23.6 Å². The lowest BCUT2D eigenvalue weighted by atomic mass is 10.1. The maximum absolute atomic E-state index is 11.8. The number of carbonyl (C=O) groups is 1. The molecular weight excluding hydrogens is 242 g/mol. The zero-order valence-electron chi connectivity index (χ0n) is 8.92. The van der Waals surface area contributed by atoms with Gasteiger partial charge in [-0.3, -0.25) is 4.79 Å². The summed E-state index contributed by atoms with van der Waals surface area (Å²) in [6.45, 7) is 0. The number of hydrogen-bond acceptors (Lipinski definition) is 3. The van der Waals surface area contributed by atoms with Crippen LogP contribution >= 0.6 is 22.9 Å². The van der Waals surface area contributed by atoms with Crippen molar-refractivity contribution in [1.29, 1.82) is 0 Å². The summed E-state index contributed by atoms with van der Waals surface area (Å²) >= 11 is 7.18. The Morgan fingerprint density at radius 1 is 1.50 bits per heavy atom. The van der Waals surface area contributed by atoms with E-state index in [2.05, 4.69) is 11.4 Å². The van der Waals surface area contributed by atoms with E-state index in [0.29, 0.717) is 12.3 Å². The number of ketones is 1. The smallest absolute Gasteiger partial charge is 0.165 e. The van der Waals surface area contributed by atoms with Crippen LogP contribution in [0.1, 0.15) is 16.8 Å². The van der Waals surface area contributed by atoms with E-state index in [-0.39, 0.29) is 5.78 Å². The molecule has 0 bridgehead atoms. The van der Waals surface area contributed by atoms with Crippen LogP contribution in [0.2, 0.25) is 0 Å². The standard InChI is InChI=1S/C12H12ClNOS/c1-14-8-2-3-9-10(11(15)4-5-13)7-16-12(9)6-8/h2-3,6-7,14H,4-5H2,1H3. The Morgan fingerprint density at radius 2 is 2.31 bits per heavy atom. The Labute approximate surface area is 103 Å². The number of Topliss-reactive ketones (excluding diaryl/α,β-unsaturated/α-hetero) is 1. The van der Waals surface area contributed by atoms with Crippen molar-refractivity contribution in [2.24, 2.45) is 0 Å². The van der Waals surface area contributed by atoms with Gasteiger partial charge in [-0.15, -0.1) is 22.9 Å². The van der Waals surface area contributed by atoms with Crippen LogP contribution in [0.25, 0.3) is 10.1 Å². The summed E-state index contributed by atoms with van der Waals surface area (Å²) in [6, 6.07) is 6.02. The zero-order valence-corrected chi connectivity index (χ0v) is 10.5. The summed E-state index contributed by atoms with van der Waals surface area (Å²) < 4.78 is 1.13. The van der Waals surface area contributed by atoms with E-state index in [4.69, 9.17) is 11.6 Å². The van der Waals surface area contributed by atoms with E-state index in [0.717, 1.165) is 21.3 Å². The Hall–Kier alpha value is -1.06. The van der Waals surface area contributed by atoms with Crippen molar-refractivity contribution in [2.45, 2.75) is 6.42 Å². The minimum atomic E-state index is 0.124. The summed E-state index contributed by atoms with van der Waals surface area (Å²) in [5, 5.41) is 6.03. The second kappa shape index (κ2) is 4.85. The van der Waals surface area contributed by atoms with E-state index in [1.807, 2.05) is 24.6 Å². The number of thiophene rings is 1. The van der Waals surface area contributed by atoms with Gasteiger partial charge in [0.2, 0.25) is 0 Å². The molecule has 0 aliphatic rings. The lowest BCUT2D eigenvalue weighted by molar-refractivity contribution is 0.0991. The topological polar surface area (TPSA) is 29.1 Å². The Bertz CT molecular complexity index is 521. The highest BCUT2D eigenvalue weighted by atomic mass is 35.5. The molecule has 0 atom stereocenters. The van der Waals surface area contributed by atoms with Gasteiger partial charge in [-0.2, -0.15) is 0 Å². The van der Waals surface area contributed by atoms with Crippen molar-refractivity contribution in [1.82, 2.24) is 0 Å². The van der Waals surface area contributed by atoms with Gasteiger partial charge in [-0.05, 0) is 12.1 Å². The average molecular weight is 254 g/mol. The van der Waals surface area contributed by atoms with Crippen molar-refractivity contribution < 1.29 is 4.79 Å². The van der Waals surface area contributed by atoms with Crippen molar-refractivity contribution in [3.8, 4) is 0 Å². The molecule has 0 spiro atoms. The molecule has 16 heavy (non-hydrogen) atoms. The molecule has 0 saturated heterocycles. The largest absolute Gasteiger partial charge is 0.388 e. The van der Waals surface area contributed by atoms with E-state index >= 15 is 0 Å². The highest BCUT2D eigenvalue weighted by molar-refractivity contribution is 7.17. The number of carbonyl (C=O) groups excluding carboxylic acids is 1. The Morgan fingerprint density at radius 3 is 3.00 bits per heavy atom. The summed E-state index contributed by atoms with van der Waals surface area (Å²) in [6.07, 6.45) is 0.404. The fraction of sp³-hybridized carbons (Fsp3) is 0.250. The quantitative estimate of drug-likeness (QED) is 0.664. The maximum Gasteiger partial charge on any atom is 0.165 e. The third kappa shape index (κ3) is 2.06. The SMILES string of the molecule is CNc1ccc2c(C(=O)CCCl)csc2c1. The maximum atomic E-state index is 11.8. The fourth-order valence-electron chi connectivity index (χ4n) is 1.62.